The maximum absolute atomic E-state index is 12.5. The average molecular weight is 305 g/mol. The molecule has 2 amide bonds. The average Bonchev–Trinajstić information content (AvgIpc) is 2.53. The van der Waals surface area contributed by atoms with E-state index in [-0.39, 0.29) is 6.03 Å². The van der Waals surface area contributed by atoms with Crippen LogP contribution in [0.15, 0.2) is 48.5 Å². The predicted octanol–water partition coefficient (Wildman–Crippen LogP) is 4.04. The maximum Gasteiger partial charge on any atom is 0.328 e. The van der Waals surface area contributed by atoms with Crippen molar-refractivity contribution in [2.24, 2.45) is 0 Å². The lowest BCUT2D eigenvalue weighted by atomic mass is 10.2. The molecule has 0 heterocycles. The van der Waals surface area contributed by atoms with Gasteiger partial charge in [0.25, 0.3) is 0 Å². The highest BCUT2D eigenvalue weighted by Gasteiger charge is 2.17. The molecule has 0 N–H and O–H groups in total. The topological polar surface area (TPSA) is 32.8 Å². The van der Waals surface area contributed by atoms with E-state index in [1.54, 1.807) is 43.1 Å². The first-order valence-electron chi connectivity index (χ1n) is 6.44. The number of urea groups is 1. The van der Waals surface area contributed by atoms with E-state index in [1.165, 1.54) is 0 Å². The fourth-order valence-electron chi connectivity index (χ4n) is 1.94. The van der Waals surface area contributed by atoms with Crippen LogP contribution >= 0.6 is 11.6 Å². The molecule has 4 nitrogen and oxygen atoms in total. The Kier molecular flexibility index (Phi) is 4.70. The SMILES string of the molecule is COc1ccc(N(C)C(=O)N(C)c2cccc(Cl)c2)cc1. The van der Waals surface area contributed by atoms with Gasteiger partial charge >= 0.3 is 6.03 Å². The van der Waals surface area contributed by atoms with Crippen LogP contribution in [-0.2, 0) is 0 Å². The lowest BCUT2D eigenvalue weighted by molar-refractivity contribution is 0.253. The second-order valence-corrected chi connectivity index (χ2v) is 5.01. The van der Waals surface area contributed by atoms with Crippen molar-refractivity contribution in [1.29, 1.82) is 0 Å². The van der Waals surface area contributed by atoms with E-state index < -0.39 is 0 Å². The number of nitrogens with zero attached hydrogens (tertiary/aromatic N) is 2. The summed E-state index contributed by atoms with van der Waals surface area (Å²) in [5.74, 6) is 0.753. The molecule has 21 heavy (non-hydrogen) atoms. The largest absolute Gasteiger partial charge is 0.497 e. The molecule has 0 spiro atoms. The van der Waals surface area contributed by atoms with E-state index in [2.05, 4.69) is 0 Å². The molecule has 0 aliphatic heterocycles. The molecule has 5 heteroatoms. The number of hydrogen-bond acceptors (Lipinski definition) is 2. The zero-order valence-electron chi connectivity index (χ0n) is 12.2. The summed E-state index contributed by atoms with van der Waals surface area (Å²) in [4.78, 5) is 15.6. The number of ether oxygens (including phenoxy) is 1. The van der Waals surface area contributed by atoms with Crippen molar-refractivity contribution in [2.75, 3.05) is 31.0 Å². The number of halogens is 1. The number of benzene rings is 2. The van der Waals surface area contributed by atoms with Crippen LogP contribution in [0.2, 0.25) is 5.02 Å². The molecule has 2 aromatic rings. The van der Waals surface area contributed by atoms with Crippen molar-refractivity contribution in [2.45, 2.75) is 0 Å². The minimum atomic E-state index is -0.151. The molecule has 0 unspecified atom stereocenters. The Morgan fingerprint density at radius 1 is 1.00 bits per heavy atom. The van der Waals surface area contributed by atoms with Crippen LogP contribution in [0.3, 0.4) is 0 Å². The van der Waals surface area contributed by atoms with E-state index >= 15 is 0 Å². The van der Waals surface area contributed by atoms with Gasteiger partial charge in [-0.3, -0.25) is 9.80 Å². The molecule has 0 aliphatic rings. The van der Waals surface area contributed by atoms with E-state index in [9.17, 15) is 4.79 Å². The van der Waals surface area contributed by atoms with Gasteiger partial charge < -0.3 is 4.74 Å². The molecule has 0 bridgehead atoms. The van der Waals surface area contributed by atoms with Crippen LogP contribution in [-0.4, -0.2) is 27.2 Å². The predicted molar refractivity (Wildman–Crippen MR) is 86.6 cm³/mol. The standard InChI is InChI=1S/C16H17ClN2O2/c1-18(13-7-9-15(21-3)10-8-13)16(20)19(2)14-6-4-5-12(17)11-14/h4-11H,1-3H3. The summed E-state index contributed by atoms with van der Waals surface area (Å²) in [7, 11) is 5.05. The minimum absolute atomic E-state index is 0.151. The fraction of sp³-hybridized carbons (Fsp3) is 0.188. The Hall–Kier alpha value is -2.20. The number of methoxy groups -OCH3 is 1. The number of carbonyl (C=O) groups is 1. The summed E-state index contributed by atoms with van der Waals surface area (Å²) >= 11 is 5.96. The molecule has 110 valence electrons. The smallest absolute Gasteiger partial charge is 0.328 e. The van der Waals surface area contributed by atoms with E-state index in [4.69, 9.17) is 16.3 Å². The second kappa shape index (κ2) is 6.50. The van der Waals surface area contributed by atoms with E-state index in [0.717, 1.165) is 17.1 Å². The normalized spacial score (nSPS) is 10.1. The molecule has 0 radical (unpaired) electrons. The van der Waals surface area contributed by atoms with Crippen LogP contribution in [0.5, 0.6) is 5.75 Å². The minimum Gasteiger partial charge on any atom is -0.497 e. The van der Waals surface area contributed by atoms with Crippen LogP contribution in [0.1, 0.15) is 0 Å². The van der Waals surface area contributed by atoms with Crippen LogP contribution in [0, 0.1) is 0 Å². The summed E-state index contributed by atoms with van der Waals surface area (Å²) in [6.45, 7) is 0. The van der Waals surface area contributed by atoms with Crippen molar-refractivity contribution >= 4 is 29.0 Å². The molecular formula is C16H17ClN2O2. The molecule has 0 saturated heterocycles. The summed E-state index contributed by atoms with van der Waals surface area (Å²) in [5.41, 5.74) is 1.53. The van der Waals surface area contributed by atoms with Gasteiger partial charge in [-0.25, -0.2) is 4.79 Å². The molecule has 0 aliphatic carbocycles. The van der Waals surface area contributed by atoms with Gasteiger partial charge in [0.2, 0.25) is 0 Å². The third-order valence-electron chi connectivity index (χ3n) is 3.23. The van der Waals surface area contributed by atoms with Crippen LogP contribution in [0.4, 0.5) is 16.2 Å². The number of anilines is 2. The lowest BCUT2D eigenvalue weighted by Gasteiger charge is -2.25. The third-order valence-corrected chi connectivity index (χ3v) is 3.46. The zero-order valence-corrected chi connectivity index (χ0v) is 13.0. The summed E-state index contributed by atoms with van der Waals surface area (Å²) in [6.07, 6.45) is 0. The Morgan fingerprint density at radius 2 is 1.62 bits per heavy atom. The Labute approximate surface area is 129 Å². The quantitative estimate of drug-likeness (QED) is 0.857. The molecule has 0 aromatic heterocycles. The highest BCUT2D eigenvalue weighted by atomic mass is 35.5. The summed E-state index contributed by atoms with van der Waals surface area (Å²) in [6, 6.07) is 14.3. The number of hydrogen-bond donors (Lipinski definition) is 0. The van der Waals surface area contributed by atoms with Crippen molar-refractivity contribution in [3.05, 3.63) is 53.6 Å². The van der Waals surface area contributed by atoms with Gasteiger partial charge in [0.1, 0.15) is 5.75 Å². The molecule has 0 saturated carbocycles. The highest BCUT2D eigenvalue weighted by molar-refractivity contribution is 6.31. The first-order valence-corrected chi connectivity index (χ1v) is 6.82. The van der Waals surface area contributed by atoms with Gasteiger partial charge in [0, 0.05) is 30.5 Å². The Balaban J connectivity index is 2.17. The van der Waals surface area contributed by atoms with Crippen molar-refractivity contribution in [3.63, 3.8) is 0 Å². The molecule has 0 atom stereocenters. The summed E-state index contributed by atoms with van der Waals surface area (Å²) in [5, 5.41) is 0.597. The first-order chi connectivity index (χ1) is 10.0. The van der Waals surface area contributed by atoms with Crippen molar-refractivity contribution in [3.8, 4) is 5.75 Å². The molecule has 2 aromatic carbocycles. The Morgan fingerprint density at radius 3 is 2.19 bits per heavy atom. The molecule has 0 fully saturated rings. The lowest BCUT2D eigenvalue weighted by Crippen LogP contribution is -2.38. The van der Waals surface area contributed by atoms with Crippen LogP contribution in [0.25, 0.3) is 0 Å². The van der Waals surface area contributed by atoms with E-state index in [1.807, 2.05) is 36.4 Å². The number of carbonyl (C=O) groups excluding carboxylic acids is 1. The van der Waals surface area contributed by atoms with Gasteiger partial charge in [0.15, 0.2) is 0 Å². The monoisotopic (exact) mass is 304 g/mol. The van der Waals surface area contributed by atoms with Crippen molar-refractivity contribution in [1.82, 2.24) is 0 Å². The zero-order chi connectivity index (χ0) is 15.4. The van der Waals surface area contributed by atoms with Gasteiger partial charge in [0.05, 0.1) is 7.11 Å². The van der Waals surface area contributed by atoms with E-state index in [0.29, 0.717) is 5.02 Å². The van der Waals surface area contributed by atoms with Crippen molar-refractivity contribution < 1.29 is 9.53 Å². The van der Waals surface area contributed by atoms with Gasteiger partial charge in [-0.2, -0.15) is 0 Å². The summed E-state index contributed by atoms with van der Waals surface area (Å²) < 4.78 is 5.11. The van der Waals surface area contributed by atoms with Gasteiger partial charge in [-0.05, 0) is 42.5 Å². The number of rotatable bonds is 3. The van der Waals surface area contributed by atoms with Gasteiger partial charge in [-0.15, -0.1) is 0 Å². The third kappa shape index (κ3) is 3.47. The van der Waals surface area contributed by atoms with Crippen LogP contribution < -0.4 is 14.5 Å². The maximum atomic E-state index is 12.5. The fourth-order valence-corrected chi connectivity index (χ4v) is 2.12. The molecular weight excluding hydrogens is 288 g/mol. The second-order valence-electron chi connectivity index (χ2n) is 4.58. The van der Waals surface area contributed by atoms with Gasteiger partial charge in [-0.1, -0.05) is 17.7 Å². The molecule has 2 rings (SSSR count). The first kappa shape index (κ1) is 15.2. The number of amides is 2. The highest BCUT2D eigenvalue weighted by Crippen LogP contribution is 2.22. The Bertz CT molecular complexity index is 628.